The van der Waals surface area contributed by atoms with Crippen molar-refractivity contribution in [2.45, 2.75) is 65.8 Å². The van der Waals surface area contributed by atoms with Crippen LogP contribution in [-0.2, 0) is 16.0 Å². The summed E-state index contributed by atoms with van der Waals surface area (Å²) >= 11 is 0. The highest BCUT2D eigenvalue weighted by Gasteiger charge is 2.31. The van der Waals surface area contributed by atoms with E-state index in [4.69, 9.17) is 0 Å². The van der Waals surface area contributed by atoms with Gasteiger partial charge in [-0.2, -0.15) is 0 Å². The second-order valence-corrected chi connectivity index (χ2v) is 8.61. The fourth-order valence-electron chi connectivity index (χ4n) is 3.94. The predicted octanol–water partition coefficient (Wildman–Crippen LogP) is 3.95. The lowest BCUT2D eigenvalue weighted by Gasteiger charge is -2.31. The van der Waals surface area contributed by atoms with Crippen molar-refractivity contribution < 1.29 is 9.59 Å². The highest BCUT2D eigenvalue weighted by molar-refractivity contribution is 5.88. The van der Waals surface area contributed by atoms with Crippen LogP contribution < -0.4 is 10.6 Å². The summed E-state index contributed by atoms with van der Waals surface area (Å²) in [6.45, 7) is 9.08. The zero-order valence-electron chi connectivity index (χ0n) is 17.3. The minimum Gasteiger partial charge on any atom is -0.354 e. The maximum Gasteiger partial charge on any atom is 0.242 e. The summed E-state index contributed by atoms with van der Waals surface area (Å²) in [7, 11) is 0. The molecule has 1 fully saturated rings. The number of nitrogens with one attached hydrogen (secondary N) is 2. The Morgan fingerprint density at radius 1 is 1.00 bits per heavy atom. The molecule has 0 heterocycles. The Bertz CT molecular complexity index is 590. The monoisotopic (exact) mass is 372 g/mol. The molecule has 1 aromatic rings. The molecule has 2 rings (SSSR count). The molecule has 27 heavy (non-hydrogen) atoms. The summed E-state index contributed by atoms with van der Waals surface area (Å²) in [5, 5.41) is 6.02. The molecule has 4 nitrogen and oxygen atoms in total. The molecule has 1 aliphatic rings. The molecule has 1 saturated carbocycles. The van der Waals surface area contributed by atoms with Crippen LogP contribution in [0.2, 0.25) is 0 Å². The Morgan fingerprint density at radius 2 is 1.63 bits per heavy atom. The molecular weight excluding hydrogens is 336 g/mol. The van der Waals surface area contributed by atoms with Gasteiger partial charge in [-0.1, -0.05) is 58.0 Å². The van der Waals surface area contributed by atoms with Crippen LogP contribution in [0.5, 0.6) is 0 Å². The van der Waals surface area contributed by atoms with Gasteiger partial charge in [-0.15, -0.1) is 0 Å². The van der Waals surface area contributed by atoms with E-state index in [1.165, 1.54) is 5.56 Å². The first kappa shape index (κ1) is 21.5. The van der Waals surface area contributed by atoms with Crippen molar-refractivity contribution in [2.75, 3.05) is 6.54 Å². The maximum absolute atomic E-state index is 12.7. The van der Waals surface area contributed by atoms with Crippen LogP contribution in [0.4, 0.5) is 0 Å². The molecule has 0 unspecified atom stereocenters. The summed E-state index contributed by atoms with van der Waals surface area (Å²) in [4.78, 5) is 25.3. The minimum absolute atomic E-state index is 0.0501. The first-order valence-electron chi connectivity index (χ1n) is 10.5. The molecule has 1 atom stereocenters. The van der Waals surface area contributed by atoms with Gasteiger partial charge in [0, 0.05) is 12.5 Å². The van der Waals surface area contributed by atoms with Crippen molar-refractivity contribution in [1.82, 2.24) is 10.6 Å². The van der Waals surface area contributed by atoms with Gasteiger partial charge in [-0.3, -0.25) is 9.59 Å². The number of amides is 2. The minimum atomic E-state index is -0.462. The van der Waals surface area contributed by atoms with Crippen LogP contribution in [0.15, 0.2) is 30.3 Å². The lowest BCUT2D eigenvalue weighted by atomic mass is 9.76. The van der Waals surface area contributed by atoms with E-state index >= 15 is 0 Å². The third-order valence-electron chi connectivity index (χ3n) is 5.89. The number of carbonyl (C=O) groups excluding carboxylic acids is 2. The first-order valence-corrected chi connectivity index (χ1v) is 10.5. The van der Waals surface area contributed by atoms with Crippen LogP contribution in [0.1, 0.15) is 58.9 Å². The number of benzene rings is 1. The molecule has 0 aromatic heterocycles. The van der Waals surface area contributed by atoms with Gasteiger partial charge >= 0.3 is 0 Å². The lowest BCUT2D eigenvalue weighted by molar-refractivity contribution is -0.133. The van der Waals surface area contributed by atoms with Crippen molar-refractivity contribution in [1.29, 1.82) is 0 Å². The van der Waals surface area contributed by atoms with Gasteiger partial charge in [-0.05, 0) is 55.4 Å². The zero-order valence-corrected chi connectivity index (χ0v) is 17.3. The van der Waals surface area contributed by atoms with Crippen LogP contribution in [0.3, 0.4) is 0 Å². The van der Waals surface area contributed by atoms with Gasteiger partial charge < -0.3 is 10.6 Å². The highest BCUT2D eigenvalue weighted by Crippen LogP contribution is 2.33. The van der Waals surface area contributed by atoms with E-state index in [9.17, 15) is 9.59 Å². The van der Waals surface area contributed by atoms with Crippen molar-refractivity contribution >= 4 is 11.8 Å². The topological polar surface area (TPSA) is 58.2 Å². The van der Waals surface area contributed by atoms with E-state index in [-0.39, 0.29) is 23.7 Å². The summed E-state index contributed by atoms with van der Waals surface area (Å²) < 4.78 is 0. The van der Waals surface area contributed by atoms with Crippen LogP contribution in [0, 0.1) is 23.7 Å². The third kappa shape index (κ3) is 6.67. The van der Waals surface area contributed by atoms with E-state index in [1.807, 2.05) is 32.0 Å². The van der Waals surface area contributed by atoms with Gasteiger partial charge in [0.15, 0.2) is 0 Å². The predicted molar refractivity (Wildman–Crippen MR) is 110 cm³/mol. The fourth-order valence-corrected chi connectivity index (χ4v) is 3.94. The van der Waals surface area contributed by atoms with Gasteiger partial charge in [0.05, 0.1) is 0 Å². The molecule has 4 heteroatoms. The molecular formula is C23H36N2O2. The lowest BCUT2D eigenvalue weighted by Crippen LogP contribution is -2.51. The molecule has 1 aliphatic carbocycles. The quantitative estimate of drug-likeness (QED) is 0.726. The molecule has 0 bridgehead atoms. The van der Waals surface area contributed by atoms with Gasteiger partial charge in [0.2, 0.25) is 11.8 Å². The Hall–Kier alpha value is -1.84. The Morgan fingerprint density at radius 3 is 2.19 bits per heavy atom. The second-order valence-electron chi connectivity index (χ2n) is 8.61. The van der Waals surface area contributed by atoms with Gasteiger partial charge in [0.1, 0.15) is 6.04 Å². The van der Waals surface area contributed by atoms with Crippen molar-refractivity contribution in [3.63, 3.8) is 0 Å². The van der Waals surface area contributed by atoms with Crippen LogP contribution in [-0.4, -0.2) is 24.4 Å². The van der Waals surface area contributed by atoms with E-state index in [2.05, 4.69) is 36.6 Å². The zero-order chi connectivity index (χ0) is 19.8. The molecule has 0 spiro atoms. The van der Waals surface area contributed by atoms with Crippen molar-refractivity contribution in [3.05, 3.63) is 35.9 Å². The number of hydrogen-bond acceptors (Lipinski definition) is 2. The van der Waals surface area contributed by atoms with E-state index in [0.717, 1.165) is 38.0 Å². The first-order chi connectivity index (χ1) is 12.9. The van der Waals surface area contributed by atoms with E-state index in [1.54, 1.807) is 0 Å². The molecule has 0 radical (unpaired) electrons. The largest absolute Gasteiger partial charge is 0.354 e. The summed E-state index contributed by atoms with van der Waals surface area (Å²) in [5.74, 6) is 1.51. The number of hydrogen-bond donors (Lipinski definition) is 2. The van der Waals surface area contributed by atoms with Gasteiger partial charge in [-0.25, -0.2) is 0 Å². The molecule has 2 N–H and O–H groups in total. The molecule has 1 aromatic carbocycles. The smallest absolute Gasteiger partial charge is 0.242 e. The molecule has 2 amide bonds. The Labute approximate surface area is 164 Å². The molecule has 0 saturated heterocycles. The van der Waals surface area contributed by atoms with Crippen molar-refractivity contribution in [2.24, 2.45) is 23.7 Å². The highest BCUT2D eigenvalue weighted by atomic mass is 16.2. The number of carbonyl (C=O) groups is 2. The van der Waals surface area contributed by atoms with Gasteiger partial charge in [0.25, 0.3) is 0 Å². The summed E-state index contributed by atoms with van der Waals surface area (Å²) in [6.07, 6.45) is 4.91. The Kier molecular flexibility index (Phi) is 8.33. The third-order valence-corrected chi connectivity index (χ3v) is 5.89. The SMILES string of the molecule is CC(C)C1CCC(C(=O)N[C@H](C(=O)NCCc2ccccc2)C(C)C)CC1. The fraction of sp³-hybridized carbons (Fsp3) is 0.652. The molecule has 0 aliphatic heterocycles. The maximum atomic E-state index is 12.7. The Balaban J connectivity index is 1.81. The average Bonchev–Trinajstić information content (AvgIpc) is 2.66. The van der Waals surface area contributed by atoms with E-state index < -0.39 is 6.04 Å². The molecule has 150 valence electrons. The normalized spacial score (nSPS) is 21.1. The van der Waals surface area contributed by atoms with E-state index in [0.29, 0.717) is 12.5 Å². The second kappa shape index (κ2) is 10.5. The van der Waals surface area contributed by atoms with Crippen molar-refractivity contribution in [3.8, 4) is 0 Å². The standard InChI is InChI=1S/C23H36N2O2/c1-16(2)19-10-12-20(13-11-19)22(26)25-21(17(3)4)23(27)24-15-14-18-8-6-5-7-9-18/h5-9,16-17,19-21H,10-15H2,1-4H3,(H,24,27)(H,25,26)/t19?,20?,21-/m0/s1. The summed E-state index contributed by atoms with van der Waals surface area (Å²) in [6, 6.07) is 9.64. The van der Waals surface area contributed by atoms with Crippen LogP contribution >= 0.6 is 0 Å². The average molecular weight is 373 g/mol. The van der Waals surface area contributed by atoms with Crippen LogP contribution in [0.25, 0.3) is 0 Å². The number of rotatable bonds is 8. The summed E-state index contributed by atoms with van der Waals surface area (Å²) in [5.41, 5.74) is 1.20.